The summed E-state index contributed by atoms with van der Waals surface area (Å²) >= 11 is 1.47. The molecule has 0 aliphatic carbocycles. The maximum Gasteiger partial charge on any atom is 0.336 e. The first-order valence-corrected chi connectivity index (χ1v) is 5.42. The van der Waals surface area contributed by atoms with Gasteiger partial charge >= 0.3 is 5.97 Å². The van der Waals surface area contributed by atoms with Gasteiger partial charge in [-0.25, -0.2) is 9.78 Å². The number of carbonyl (C=O) groups is 1. The molecule has 0 saturated carbocycles. The molecule has 1 saturated heterocycles. The van der Waals surface area contributed by atoms with Crippen LogP contribution in [0.4, 0.5) is 0 Å². The van der Waals surface area contributed by atoms with Gasteiger partial charge in [-0.05, 0) is 12.8 Å². The van der Waals surface area contributed by atoms with Crippen LogP contribution in [0.5, 0.6) is 0 Å². The van der Waals surface area contributed by atoms with Gasteiger partial charge < -0.3 is 9.84 Å². The van der Waals surface area contributed by atoms with Crippen LogP contribution in [0.25, 0.3) is 0 Å². The first kappa shape index (κ1) is 9.61. The fraction of sp³-hybridized carbons (Fsp3) is 0.556. The fourth-order valence-electron chi connectivity index (χ4n) is 1.70. The Hall–Kier alpha value is -0.940. The minimum Gasteiger partial charge on any atom is -0.479 e. The zero-order chi connectivity index (χ0) is 10.0. The average Bonchev–Trinajstić information content (AvgIpc) is 2.76. The molecule has 76 valence electrons. The van der Waals surface area contributed by atoms with Crippen LogP contribution in [0.3, 0.4) is 0 Å². The Morgan fingerprint density at radius 3 is 3.14 bits per heavy atom. The number of aromatic nitrogens is 1. The highest BCUT2D eigenvalue weighted by molar-refractivity contribution is 7.07. The van der Waals surface area contributed by atoms with E-state index in [-0.39, 0.29) is 0 Å². The number of hydrogen-bond acceptors (Lipinski definition) is 4. The van der Waals surface area contributed by atoms with E-state index in [1.165, 1.54) is 11.3 Å². The van der Waals surface area contributed by atoms with Crippen LogP contribution in [0, 0.1) is 0 Å². The molecule has 1 N–H and O–H groups in total. The zero-order valence-corrected chi connectivity index (χ0v) is 8.42. The molecule has 1 aliphatic heterocycles. The molecule has 0 spiro atoms. The van der Waals surface area contributed by atoms with Crippen molar-refractivity contribution >= 4 is 17.3 Å². The summed E-state index contributed by atoms with van der Waals surface area (Å²) in [7, 11) is 0. The Kier molecular flexibility index (Phi) is 2.52. The number of thiazole rings is 1. The third kappa shape index (κ3) is 1.65. The van der Waals surface area contributed by atoms with Crippen molar-refractivity contribution in [2.24, 2.45) is 0 Å². The summed E-state index contributed by atoms with van der Waals surface area (Å²) in [6.07, 6.45) is 1.78. The first-order chi connectivity index (χ1) is 6.73. The topological polar surface area (TPSA) is 59.4 Å². The predicted octanol–water partition coefficient (Wildman–Crippen LogP) is 1.32. The minimum absolute atomic E-state index is 0.381. The second-order valence-corrected chi connectivity index (χ2v) is 4.13. The molecule has 14 heavy (non-hydrogen) atoms. The Morgan fingerprint density at radius 1 is 1.79 bits per heavy atom. The Bertz CT molecular complexity index is 317. The van der Waals surface area contributed by atoms with Crippen molar-refractivity contribution in [1.82, 2.24) is 4.98 Å². The number of aliphatic carboxylic acids is 1. The maximum absolute atomic E-state index is 11.1. The molecule has 1 atom stereocenters. The molecular formula is C9H11NO3S. The van der Waals surface area contributed by atoms with E-state index in [0.29, 0.717) is 19.4 Å². The summed E-state index contributed by atoms with van der Waals surface area (Å²) < 4.78 is 5.34. The molecule has 2 heterocycles. The highest BCUT2D eigenvalue weighted by Crippen LogP contribution is 2.29. The molecule has 1 aromatic heterocycles. The Balaban J connectivity index is 2.16. The van der Waals surface area contributed by atoms with Gasteiger partial charge in [0.2, 0.25) is 0 Å². The van der Waals surface area contributed by atoms with Crippen LogP contribution in [-0.4, -0.2) is 28.3 Å². The third-order valence-electron chi connectivity index (χ3n) is 2.44. The average molecular weight is 213 g/mol. The standard InChI is InChI=1S/C9H11NO3S/c11-8(12)9(2-1-3-13-9)4-7-5-14-6-10-7/h5-6H,1-4H2,(H,11,12). The van der Waals surface area contributed by atoms with E-state index in [2.05, 4.69) is 4.98 Å². The molecule has 0 amide bonds. The molecule has 0 bridgehead atoms. The number of ether oxygens (including phenoxy) is 1. The second kappa shape index (κ2) is 3.67. The number of hydrogen-bond donors (Lipinski definition) is 1. The molecule has 5 heteroatoms. The molecule has 2 rings (SSSR count). The zero-order valence-electron chi connectivity index (χ0n) is 7.60. The van der Waals surface area contributed by atoms with E-state index in [1.54, 1.807) is 5.51 Å². The SMILES string of the molecule is O=C(O)C1(Cc2cscn2)CCCO1. The van der Waals surface area contributed by atoms with Crippen LogP contribution < -0.4 is 0 Å². The van der Waals surface area contributed by atoms with Gasteiger partial charge in [0.25, 0.3) is 0 Å². The van der Waals surface area contributed by atoms with E-state index in [9.17, 15) is 4.79 Å². The summed E-state index contributed by atoms with van der Waals surface area (Å²) in [4.78, 5) is 15.2. The van der Waals surface area contributed by atoms with Crippen LogP contribution in [0.15, 0.2) is 10.9 Å². The van der Waals surface area contributed by atoms with Gasteiger partial charge in [0.05, 0.1) is 11.2 Å². The van der Waals surface area contributed by atoms with Crippen molar-refractivity contribution in [1.29, 1.82) is 0 Å². The highest BCUT2D eigenvalue weighted by Gasteiger charge is 2.43. The predicted molar refractivity (Wildman–Crippen MR) is 51.4 cm³/mol. The molecule has 1 unspecified atom stereocenters. The summed E-state index contributed by atoms with van der Waals surface area (Å²) in [6.45, 7) is 0.538. The molecular weight excluding hydrogens is 202 g/mol. The van der Waals surface area contributed by atoms with Crippen LogP contribution in [-0.2, 0) is 16.0 Å². The van der Waals surface area contributed by atoms with Crippen LogP contribution in [0.2, 0.25) is 0 Å². The largest absolute Gasteiger partial charge is 0.479 e. The number of nitrogens with zero attached hydrogens (tertiary/aromatic N) is 1. The summed E-state index contributed by atoms with van der Waals surface area (Å²) in [5.41, 5.74) is 1.49. The lowest BCUT2D eigenvalue weighted by Crippen LogP contribution is -2.40. The lowest BCUT2D eigenvalue weighted by molar-refractivity contribution is -0.160. The quantitative estimate of drug-likeness (QED) is 0.822. The fourth-order valence-corrected chi connectivity index (χ4v) is 2.26. The van der Waals surface area contributed by atoms with Crippen molar-refractivity contribution in [2.45, 2.75) is 24.9 Å². The van der Waals surface area contributed by atoms with Crippen molar-refractivity contribution in [3.05, 3.63) is 16.6 Å². The minimum atomic E-state index is -1.02. The van der Waals surface area contributed by atoms with E-state index < -0.39 is 11.6 Å². The third-order valence-corrected chi connectivity index (χ3v) is 3.08. The van der Waals surface area contributed by atoms with Crippen molar-refractivity contribution in [3.8, 4) is 0 Å². The smallest absolute Gasteiger partial charge is 0.336 e. The highest BCUT2D eigenvalue weighted by atomic mass is 32.1. The number of carboxylic acids is 1. The van der Waals surface area contributed by atoms with E-state index >= 15 is 0 Å². The monoisotopic (exact) mass is 213 g/mol. The molecule has 0 radical (unpaired) electrons. The number of carboxylic acid groups (broad SMARTS) is 1. The molecule has 1 fully saturated rings. The summed E-state index contributed by atoms with van der Waals surface area (Å²) in [6, 6.07) is 0. The normalized spacial score (nSPS) is 26.6. The molecule has 1 aliphatic rings. The summed E-state index contributed by atoms with van der Waals surface area (Å²) in [5.74, 6) is -0.872. The van der Waals surface area contributed by atoms with Crippen LogP contribution >= 0.6 is 11.3 Å². The van der Waals surface area contributed by atoms with Gasteiger partial charge in [-0.1, -0.05) is 0 Å². The Morgan fingerprint density at radius 2 is 2.64 bits per heavy atom. The van der Waals surface area contributed by atoms with Crippen molar-refractivity contribution in [3.63, 3.8) is 0 Å². The molecule has 0 aromatic carbocycles. The molecule has 1 aromatic rings. The lowest BCUT2D eigenvalue weighted by atomic mass is 9.95. The van der Waals surface area contributed by atoms with Gasteiger partial charge in [0.1, 0.15) is 0 Å². The van der Waals surface area contributed by atoms with Crippen LogP contribution in [0.1, 0.15) is 18.5 Å². The van der Waals surface area contributed by atoms with E-state index in [4.69, 9.17) is 9.84 Å². The maximum atomic E-state index is 11.1. The second-order valence-electron chi connectivity index (χ2n) is 3.41. The van der Waals surface area contributed by atoms with Gasteiger partial charge in [-0.2, -0.15) is 0 Å². The van der Waals surface area contributed by atoms with Gasteiger partial charge in [-0.15, -0.1) is 11.3 Å². The van der Waals surface area contributed by atoms with E-state index in [0.717, 1.165) is 12.1 Å². The Labute approximate surface area is 85.5 Å². The van der Waals surface area contributed by atoms with Crippen molar-refractivity contribution < 1.29 is 14.6 Å². The first-order valence-electron chi connectivity index (χ1n) is 4.47. The summed E-state index contributed by atoms with van der Waals surface area (Å²) in [5, 5.41) is 11.0. The van der Waals surface area contributed by atoms with Gasteiger partial charge in [0, 0.05) is 18.4 Å². The van der Waals surface area contributed by atoms with Gasteiger partial charge in [-0.3, -0.25) is 0 Å². The van der Waals surface area contributed by atoms with Crippen molar-refractivity contribution in [2.75, 3.05) is 6.61 Å². The molecule has 4 nitrogen and oxygen atoms in total. The lowest BCUT2D eigenvalue weighted by Gasteiger charge is -2.21. The van der Waals surface area contributed by atoms with Gasteiger partial charge in [0.15, 0.2) is 5.60 Å². The van der Waals surface area contributed by atoms with E-state index in [1.807, 2.05) is 5.38 Å². The number of rotatable bonds is 3.